The number of nitrogens with zero attached hydrogens (tertiary/aromatic N) is 1. The summed E-state index contributed by atoms with van der Waals surface area (Å²) in [4.78, 5) is 31.4. The lowest BCUT2D eigenvalue weighted by atomic mass is 10.1. The van der Waals surface area contributed by atoms with Crippen LogP contribution in [-0.4, -0.2) is 35.5 Å². The van der Waals surface area contributed by atoms with Crippen LogP contribution in [0, 0.1) is 15.9 Å². The van der Waals surface area contributed by atoms with E-state index in [4.69, 9.17) is 5.11 Å². The van der Waals surface area contributed by atoms with E-state index in [1.54, 1.807) is 0 Å². The highest BCUT2D eigenvalue weighted by atomic mass is 19.1. The molecule has 0 aliphatic heterocycles. The van der Waals surface area contributed by atoms with Crippen LogP contribution in [0.4, 0.5) is 15.8 Å². The normalized spacial score (nSPS) is 9.79. The van der Waals surface area contributed by atoms with Gasteiger partial charge in [0.15, 0.2) is 5.82 Å². The van der Waals surface area contributed by atoms with Gasteiger partial charge in [-0.2, -0.15) is 0 Å². The SMILES string of the molecule is CNC(=O)CNc1cc(C(=O)O)c([N+](=O)[O-])cc1F. The van der Waals surface area contributed by atoms with E-state index in [1.807, 2.05) is 0 Å². The summed E-state index contributed by atoms with van der Waals surface area (Å²) in [7, 11) is 1.37. The summed E-state index contributed by atoms with van der Waals surface area (Å²) in [5.74, 6) is -3.02. The third kappa shape index (κ3) is 3.37. The molecule has 19 heavy (non-hydrogen) atoms. The molecule has 0 spiro atoms. The average Bonchev–Trinajstić information content (AvgIpc) is 2.35. The minimum absolute atomic E-state index is 0.287. The maximum atomic E-state index is 13.5. The van der Waals surface area contributed by atoms with Gasteiger partial charge in [-0.05, 0) is 6.07 Å². The Morgan fingerprint density at radius 1 is 1.47 bits per heavy atom. The average molecular weight is 271 g/mol. The second kappa shape index (κ2) is 5.76. The number of likely N-dealkylation sites (N-methyl/N-ethyl adjacent to an activating group) is 1. The number of carboxylic acids is 1. The molecule has 1 aromatic rings. The van der Waals surface area contributed by atoms with Crippen LogP contribution in [0.5, 0.6) is 0 Å². The van der Waals surface area contributed by atoms with Crippen molar-refractivity contribution in [2.45, 2.75) is 0 Å². The molecule has 1 aromatic carbocycles. The Hall–Kier alpha value is -2.71. The molecule has 0 aliphatic rings. The molecule has 0 aliphatic carbocycles. The van der Waals surface area contributed by atoms with Crippen LogP contribution in [0.1, 0.15) is 10.4 Å². The van der Waals surface area contributed by atoms with Crippen molar-refractivity contribution in [3.63, 3.8) is 0 Å². The van der Waals surface area contributed by atoms with Gasteiger partial charge in [0.2, 0.25) is 5.91 Å². The number of anilines is 1. The number of nitro benzene ring substituents is 1. The summed E-state index contributed by atoms with van der Waals surface area (Å²) in [6, 6.07) is 1.27. The third-order valence-corrected chi connectivity index (χ3v) is 2.23. The summed E-state index contributed by atoms with van der Waals surface area (Å²) in [5.41, 5.74) is -1.81. The van der Waals surface area contributed by atoms with Crippen molar-refractivity contribution < 1.29 is 24.0 Å². The Morgan fingerprint density at radius 3 is 2.58 bits per heavy atom. The number of halogens is 1. The Morgan fingerprint density at radius 2 is 2.11 bits per heavy atom. The first-order chi connectivity index (χ1) is 8.86. The van der Waals surface area contributed by atoms with Gasteiger partial charge in [-0.15, -0.1) is 0 Å². The van der Waals surface area contributed by atoms with Crippen molar-refractivity contribution in [2.75, 3.05) is 18.9 Å². The monoisotopic (exact) mass is 271 g/mol. The van der Waals surface area contributed by atoms with E-state index in [0.29, 0.717) is 6.07 Å². The Bertz CT molecular complexity index is 546. The van der Waals surface area contributed by atoms with Crippen molar-refractivity contribution in [1.82, 2.24) is 5.32 Å². The third-order valence-electron chi connectivity index (χ3n) is 2.23. The number of hydrogen-bond donors (Lipinski definition) is 3. The van der Waals surface area contributed by atoms with Crippen LogP contribution in [-0.2, 0) is 4.79 Å². The number of benzene rings is 1. The van der Waals surface area contributed by atoms with Crippen LogP contribution in [0.2, 0.25) is 0 Å². The first kappa shape index (κ1) is 14.4. The molecule has 0 heterocycles. The van der Waals surface area contributed by atoms with Gasteiger partial charge in [0.25, 0.3) is 5.69 Å². The number of rotatable bonds is 5. The van der Waals surface area contributed by atoms with Gasteiger partial charge in [-0.1, -0.05) is 0 Å². The van der Waals surface area contributed by atoms with Crippen molar-refractivity contribution >= 4 is 23.3 Å². The summed E-state index contributed by atoms with van der Waals surface area (Å²) < 4.78 is 13.5. The molecular formula is C10H10FN3O5. The van der Waals surface area contributed by atoms with Crippen LogP contribution < -0.4 is 10.6 Å². The maximum absolute atomic E-state index is 13.5. The molecule has 102 valence electrons. The molecule has 1 amide bonds. The topological polar surface area (TPSA) is 122 Å². The van der Waals surface area contributed by atoms with Gasteiger partial charge in [0, 0.05) is 7.05 Å². The standard InChI is InChI=1S/C10H10FN3O5/c1-12-9(15)4-13-7-2-5(10(16)17)8(14(18)19)3-6(7)11/h2-3,13H,4H2,1H3,(H,12,15)(H,16,17). The molecule has 0 radical (unpaired) electrons. The Balaban J connectivity index is 3.14. The van der Waals surface area contributed by atoms with Gasteiger partial charge in [0.1, 0.15) is 5.56 Å². The number of amides is 1. The van der Waals surface area contributed by atoms with E-state index in [-0.39, 0.29) is 12.2 Å². The van der Waals surface area contributed by atoms with Gasteiger partial charge in [-0.3, -0.25) is 14.9 Å². The fourth-order valence-corrected chi connectivity index (χ4v) is 1.28. The summed E-state index contributed by atoms with van der Waals surface area (Å²) in [6.07, 6.45) is 0. The fraction of sp³-hybridized carbons (Fsp3) is 0.200. The zero-order chi connectivity index (χ0) is 14.6. The molecule has 0 fully saturated rings. The molecule has 0 saturated carbocycles. The lowest BCUT2D eigenvalue weighted by Crippen LogP contribution is -2.26. The predicted molar refractivity (Wildman–Crippen MR) is 62.6 cm³/mol. The zero-order valence-electron chi connectivity index (χ0n) is 9.77. The summed E-state index contributed by atoms with van der Waals surface area (Å²) in [5, 5.41) is 24.0. The highest BCUT2D eigenvalue weighted by molar-refractivity contribution is 5.94. The van der Waals surface area contributed by atoms with E-state index in [2.05, 4.69) is 10.6 Å². The lowest BCUT2D eigenvalue weighted by molar-refractivity contribution is -0.385. The molecule has 0 unspecified atom stereocenters. The molecular weight excluding hydrogens is 261 g/mol. The van der Waals surface area contributed by atoms with Crippen molar-refractivity contribution in [2.24, 2.45) is 0 Å². The Labute approximate surface area is 106 Å². The number of nitrogens with one attached hydrogen (secondary N) is 2. The van der Waals surface area contributed by atoms with Gasteiger partial charge < -0.3 is 15.7 Å². The lowest BCUT2D eigenvalue weighted by Gasteiger charge is -2.08. The summed E-state index contributed by atoms with van der Waals surface area (Å²) in [6.45, 7) is -0.287. The highest BCUT2D eigenvalue weighted by Crippen LogP contribution is 2.26. The molecule has 8 nitrogen and oxygen atoms in total. The molecule has 0 aromatic heterocycles. The van der Waals surface area contributed by atoms with Crippen molar-refractivity contribution in [3.05, 3.63) is 33.6 Å². The van der Waals surface area contributed by atoms with E-state index in [9.17, 15) is 24.1 Å². The maximum Gasteiger partial charge on any atom is 0.342 e. The number of aromatic carboxylic acids is 1. The van der Waals surface area contributed by atoms with Crippen LogP contribution in [0.3, 0.4) is 0 Å². The number of nitro groups is 1. The second-order valence-electron chi connectivity index (χ2n) is 3.44. The largest absolute Gasteiger partial charge is 0.477 e. The minimum Gasteiger partial charge on any atom is -0.477 e. The molecule has 1 rings (SSSR count). The smallest absolute Gasteiger partial charge is 0.342 e. The fourth-order valence-electron chi connectivity index (χ4n) is 1.28. The van der Waals surface area contributed by atoms with Gasteiger partial charge in [-0.25, -0.2) is 9.18 Å². The van der Waals surface area contributed by atoms with Crippen LogP contribution in [0.15, 0.2) is 12.1 Å². The van der Waals surface area contributed by atoms with Gasteiger partial charge >= 0.3 is 5.97 Å². The number of carboxylic acid groups (broad SMARTS) is 1. The highest BCUT2D eigenvalue weighted by Gasteiger charge is 2.23. The van der Waals surface area contributed by atoms with E-state index < -0.39 is 33.9 Å². The van der Waals surface area contributed by atoms with E-state index >= 15 is 0 Å². The second-order valence-corrected chi connectivity index (χ2v) is 3.44. The molecule has 0 atom stereocenters. The molecule has 0 bridgehead atoms. The first-order valence-corrected chi connectivity index (χ1v) is 5.02. The Kier molecular flexibility index (Phi) is 4.35. The van der Waals surface area contributed by atoms with E-state index in [1.165, 1.54) is 7.05 Å². The number of hydrogen-bond acceptors (Lipinski definition) is 5. The van der Waals surface area contributed by atoms with Crippen LogP contribution >= 0.6 is 0 Å². The molecule has 9 heteroatoms. The van der Waals surface area contributed by atoms with Crippen LogP contribution in [0.25, 0.3) is 0 Å². The first-order valence-electron chi connectivity index (χ1n) is 5.02. The molecule has 3 N–H and O–H groups in total. The number of carbonyl (C=O) groups is 2. The predicted octanol–water partition coefficient (Wildman–Crippen LogP) is 0.590. The minimum atomic E-state index is -1.56. The number of carbonyl (C=O) groups excluding carboxylic acids is 1. The van der Waals surface area contributed by atoms with Crippen molar-refractivity contribution in [3.8, 4) is 0 Å². The summed E-state index contributed by atoms with van der Waals surface area (Å²) >= 11 is 0. The quantitative estimate of drug-likeness (QED) is 0.532. The van der Waals surface area contributed by atoms with E-state index in [0.717, 1.165) is 6.07 Å². The van der Waals surface area contributed by atoms with Gasteiger partial charge in [0.05, 0.1) is 23.2 Å². The molecule has 0 saturated heterocycles. The van der Waals surface area contributed by atoms with Crippen molar-refractivity contribution in [1.29, 1.82) is 0 Å². The zero-order valence-corrected chi connectivity index (χ0v) is 9.77.